The van der Waals surface area contributed by atoms with E-state index in [2.05, 4.69) is 43.7 Å². The van der Waals surface area contributed by atoms with Crippen LogP contribution in [0.5, 0.6) is 0 Å². The fourth-order valence-corrected chi connectivity index (χ4v) is 3.19. The third kappa shape index (κ3) is 6.25. The summed E-state index contributed by atoms with van der Waals surface area (Å²) in [5, 5.41) is 6.86. The lowest BCUT2D eigenvalue weighted by Crippen LogP contribution is -2.49. The summed E-state index contributed by atoms with van der Waals surface area (Å²) in [6.45, 7) is 4.03. The molecule has 1 saturated heterocycles. The van der Waals surface area contributed by atoms with Crippen molar-refractivity contribution < 1.29 is 4.74 Å². The largest absolute Gasteiger partial charge is 0.375 e. The molecule has 0 radical (unpaired) electrons. The number of anilines is 1. The predicted molar refractivity (Wildman–Crippen MR) is 110 cm³/mol. The van der Waals surface area contributed by atoms with Crippen LogP contribution < -0.4 is 15.5 Å². The van der Waals surface area contributed by atoms with Crippen LogP contribution in [0, 0.1) is 0 Å². The van der Waals surface area contributed by atoms with E-state index < -0.39 is 0 Å². The highest BCUT2D eigenvalue weighted by Gasteiger charge is 2.20. The number of hydrogen-bond acceptors (Lipinski definition) is 4. The van der Waals surface area contributed by atoms with Crippen molar-refractivity contribution in [3.8, 4) is 0 Å². The molecule has 0 aliphatic carbocycles. The van der Waals surface area contributed by atoms with Crippen LogP contribution in [0.1, 0.15) is 18.4 Å². The Morgan fingerprint density at radius 1 is 1.15 bits per heavy atom. The number of nitrogens with one attached hydrogen (secondary N) is 2. The Morgan fingerprint density at radius 2 is 1.93 bits per heavy atom. The minimum absolute atomic E-state index is 0.432. The van der Waals surface area contributed by atoms with Gasteiger partial charge in [-0.3, -0.25) is 4.99 Å². The SMILES string of the molecule is CN=C(NCCOCc1ccccc1)NC1CCN(c2ccccn2)CC1. The minimum Gasteiger partial charge on any atom is -0.375 e. The van der Waals surface area contributed by atoms with Crippen LogP contribution >= 0.6 is 0 Å². The molecule has 0 atom stereocenters. The number of piperidine rings is 1. The van der Waals surface area contributed by atoms with E-state index in [-0.39, 0.29) is 0 Å². The first-order valence-electron chi connectivity index (χ1n) is 9.60. The third-order valence-corrected chi connectivity index (χ3v) is 4.68. The fourth-order valence-electron chi connectivity index (χ4n) is 3.19. The van der Waals surface area contributed by atoms with Crippen LogP contribution in [-0.2, 0) is 11.3 Å². The monoisotopic (exact) mass is 367 g/mol. The topological polar surface area (TPSA) is 61.8 Å². The smallest absolute Gasteiger partial charge is 0.191 e. The van der Waals surface area contributed by atoms with Gasteiger partial charge >= 0.3 is 0 Å². The molecule has 1 fully saturated rings. The van der Waals surface area contributed by atoms with Gasteiger partial charge in [0, 0.05) is 38.9 Å². The minimum atomic E-state index is 0.432. The maximum atomic E-state index is 5.71. The molecule has 27 heavy (non-hydrogen) atoms. The molecule has 1 aliphatic rings. The van der Waals surface area contributed by atoms with Gasteiger partial charge in [0.25, 0.3) is 0 Å². The molecule has 0 unspecified atom stereocenters. The van der Waals surface area contributed by atoms with Crippen LogP contribution in [0.15, 0.2) is 59.7 Å². The third-order valence-electron chi connectivity index (χ3n) is 4.68. The molecule has 2 aromatic rings. The van der Waals surface area contributed by atoms with E-state index in [9.17, 15) is 0 Å². The van der Waals surface area contributed by atoms with Gasteiger partial charge in [-0.15, -0.1) is 0 Å². The summed E-state index contributed by atoms with van der Waals surface area (Å²) < 4.78 is 5.71. The van der Waals surface area contributed by atoms with Crippen molar-refractivity contribution in [1.82, 2.24) is 15.6 Å². The van der Waals surface area contributed by atoms with Crippen molar-refractivity contribution in [3.63, 3.8) is 0 Å². The summed E-state index contributed by atoms with van der Waals surface area (Å²) in [4.78, 5) is 11.1. The molecule has 0 amide bonds. The molecule has 0 saturated carbocycles. The average Bonchev–Trinajstić information content (AvgIpc) is 2.74. The number of pyridine rings is 1. The number of hydrogen-bond donors (Lipinski definition) is 2. The summed E-state index contributed by atoms with van der Waals surface area (Å²) in [6.07, 6.45) is 3.99. The number of aromatic nitrogens is 1. The van der Waals surface area contributed by atoms with E-state index in [0.29, 0.717) is 19.3 Å². The number of benzene rings is 1. The number of ether oxygens (including phenoxy) is 1. The van der Waals surface area contributed by atoms with Crippen molar-refractivity contribution in [1.29, 1.82) is 0 Å². The normalized spacial score (nSPS) is 15.6. The quantitative estimate of drug-likeness (QED) is 0.447. The second kappa shape index (κ2) is 10.5. The van der Waals surface area contributed by atoms with Crippen molar-refractivity contribution in [2.45, 2.75) is 25.5 Å². The highest BCUT2D eigenvalue weighted by atomic mass is 16.5. The molecule has 1 aromatic carbocycles. The molecule has 0 bridgehead atoms. The lowest BCUT2D eigenvalue weighted by Gasteiger charge is -2.33. The molecule has 2 heterocycles. The number of rotatable bonds is 7. The Labute approximate surface area is 161 Å². The van der Waals surface area contributed by atoms with Crippen molar-refractivity contribution in [2.75, 3.05) is 38.2 Å². The molecule has 144 valence electrons. The molecular weight excluding hydrogens is 338 g/mol. The second-order valence-corrected chi connectivity index (χ2v) is 6.63. The van der Waals surface area contributed by atoms with E-state index in [1.54, 1.807) is 0 Å². The lowest BCUT2D eigenvalue weighted by molar-refractivity contribution is 0.125. The van der Waals surface area contributed by atoms with Crippen molar-refractivity contribution >= 4 is 11.8 Å². The first-order valence-corrected chi connectivity index (χ1v) is 9.60. The first-order chi connectivity index (χ1) is 13.3. The first kappa shape index (κ1) is 19.2. The highest BCUT2D eigenvalue weighted by molar-refractivity contribution is 5.79. The summed E-state index contributed by atoms with van der Waals surface area (Å²) >= 11 is 0. The molecule has 0 spiro atoms. The van der Waals surface area contributed by atoms with Gasteiger partial charge in [0.2, 0.25) is 0 Å². The Balaban J connectivity index is 1.32. The van der Waals surface area contributed by atoms with Gasteiger partial charge in [0.05, 0.1) is 13.2 Å². The molecule has 3 rings (SSSR count). The van der Waals surface area contributed by atoms with Crippen LogP contribution in [0.3, 0.4) is 0 Å². The van der Waals surface area contributed by atoms with Crippen LogP contribution in [0.2, 0.25) is 0 Å². The van der Waals surface area contributed by atoms with E-state index >= 15 is 0 Å². The molecule has 1 aliphatic heterocycles. The molecule has 6 nitrogen and oxygen atoms in total. The van der Waals surface area contributed by atoms with Crippen molar-refractivity contribution in [2.24, 2.45) is 4.99 Å². The van der Waals surface area contributed by atoms with E-state index in [0.717, 1.165) is 44.3 Å². The second-order valence-electron chi connectivity index (χ2n) is 6.63. The maximum Gasteiger partial charge on any atom is 0.191 e. The average molecular weight is 367 g/mol. The van der Waals surface area contributed by atoms with Crippen molar-refractivity contribution in [3.05, 3.63) is 60.3 Å². The summed E-state index contributed by atoms with van der Waals surface area (Å²) in [6, 6.07) is 16.7. The van der Waals surface area contributed by atoms with Gasteiger partial charge in [-0.1, -0.05) is 36.4 Å². The zero-order chi connectivity index (χ0) is 18.7. The van der Waals surface area contributed by atoms with Crippen LogP contribution in [-0.4, -0.2) is 50.3 Å². The Kier molecular flexibility index (Phi) is 7.47. The Hall–Kier alpha value is -2.60. The standard InChI is InChI=1S/C21H29N5O/c1-22-21(24-13-16-27-17-18-7-3-2-4-8-18)25-19-10-14-26(15-11-19)20-9-5-6-12-23-20/h2-9,12,19H,10-11,13-17H2,1H3,(H2,22,24,25). The van der Waals surface area contributed by atoms with Crippen LogP contribution in [0.4, 0.5) is 5.82 Å². The van der Waals surface area contributed by atoms with Gasteiger partial charge in [-0.25, -0.2) is 4.98 Å². The van der Waals surface area contributed by atoms with Gasteiger partial charge in [-0.05, 0) is 30.5 Å². The zero-order valence-electron chi connectivity index (χ0n) is 16.0. The lowest BCUT2D eigenvalue weighted by atomic mass is 10.1. The molecule has 2 N–H and O–H groups in total. The Morgan fingerprint density at radius 3 is 2.63 bits per heavy atom. The van der Waals surface area contributed by atoms with Gasteiger partial charge < -0.3 is 20.3 Å². The molecule has 6 heteroatoms. The van der Waals surface area contributed by atoms with Crippen LogP contribution in [0.25, 0.3) is 0 Å². The number of aliphatic imine (C=N–C) groups is 1. The number of nitrogens with zero attached hydrogens (tertiary/aromatic N) is 3. The summed E-state index contributed by atoms with van der Waals surface area (Å²) in [5.74, 6) is 1.91. The molecular formula is C21H29N5O. The molecule has 1 aromatic heterocycles. The van der Waals surface area contributed by atoms with Gasteiger partial charge in [0.1, 0.15) is 5.82 Å². The highest BCUT2D eigenvalue weighted by Crippen LogP contribution is 2.17. The number of guanidine groups is 1. The predicted octanol–water partition coefficient (Wildman–Crippen LogP) is 2.43. The Bertz CT molecular complexity index is 684. The van der Waals surface area contributed by atoms with E-state index in [1.165, 1.54) is 5.56 Å². The van der Waals surface area contributed by atoms with Gasteiger partial charge in [-0.2, -0.15) is 0 Å². The van der Waals surface area contributed by atoms with Gasteiger partial charge in [0.15, 0.2) is 5.96 Å². The summed E-state index contributed by atoms with van der Waals surface area (Å²) in [5.41, 5.74) is 1.19. The fraction of sp³-hybridized carbons (Fsp3) is 0.429. The summed E-state index contributed by atoms with van der Waals surface area (Å²) in [7, 11) is 1.81. The van der Waals surface area contributed by atoms with E-state index in [1.807, 2.05) is 43.6 Å². The maximum absolute atomic E-state index is 5.71. The zero-order valence-corrected chi connectivity index (χ0v) is 16.0. The van der Waals surface area contributed by atoms with E-state index in [4.69, 9.17) is 4.74 Å².